The highest BCUT2D eigenvalue weighted by Crippen LogP contribution is 2.23. The van der Waals surface area contributed by atoms with Gasteiger partial charge in [0.05, 0.1) is 6.54 Å². The zero-order valence-electron chi connectivity index (χ0n) is 9.61. The molecule has 0 bridgehead atoms. The van der Waals surface area contributed by atoms with E-state index in [2.05, 4.69) is 35.0 Å². The molecule has 1 aromatic carbocycles. The minimum Gasteiger partial charge on any atom is -0.369 e. The SMILES string of the molecule is CC[C@@H](c1ccc(Br)cc1)N(C)CC(N)=O. The third-order valence-corrected chi connectivity index (χ3v) is 3.11. The third-order valence-electron chi connectivity index (χ3n) is 2.58. The van der Waals surface area contributed by atoms with Crippen molar-refractivity contribution in [2.24, 2.45) is 5.73 Å². The molecule has 0 saturated heterocycles. The second-order valence-electron chi connectivity index (χ2n) is 3.86. The number of nitrogens with zero attached hydrogens (tertiary/aromatic N) is 1. The fourth-order valence-electron chi connectivity index (χ4n) is 1.84. The zero-order valence-corrected chi connectivity index (χ0v) is 11.2. The number of hydrogen-bond acceptors (Lipinski definition) is 2. The normalized spacial score (nSPS) is 12.8. The summed E-state index contributed by atoms with van der Waals surface area (Å²) in [7, 11) is 1.92. The van der Waals surface area contributed by atoms with Crippen LogP contribution in [-0.4, -0.2) is 24.4 Å². The van der Waals surface area contributed by atoms with Crippen molar-refractivity contribution in [2.45, 2.75) is 19.4 Å². The molecule has 0 unspecified atom stereocenters. The highest BCUT2D eigenvalue weighted by molar-refractivity contribution is 9.10. The van der Waals surface area contributed by atoms with Crippen molar-refractivity contribution in [1.29, 1.82) is 0 Å². The first-order chi connectivity index (χ1) is 7.54. The van der Waals surface area contributed by atoms with Crippen molar-refractivity contribution >= 4 is 21.8 Å². The lowest BCUT2D eigenvalue weighted by Crippen LogP contribution is -2.33. The maximum Gasteiger partial charge on any atom is 0.231 e. The summed E-state index contributed by atoms with van der Waals surface area (Å²) in [5.74, 6) is -0.293. The number of nitrogens with two attached hydrogens (primary N) is 1. The number of carbonyl (C=O) groups excluding carboxylic acids is 1. The number of primary amides is 1. The Hall–Kier alpha value is -0.870. The molecule has 0 aliphatic heterocycles. The van der Waals surface area contributed by atoms with E-state index in [-0.39, 0.29) is 18.5 Å². The molecule has 1 aromatic rings. The molecule has 0 aliphatic rings. The average molecular weight is 285 g/mol. The molecule has 1 rings (SSSR count). The molecule has 0 saturated carbocycles. The van der Waals surface area contributed by atoms with Gasteiger partial charge in [0.2, 0.25) is 5.91 Å². The minimum atomic E-state index is -0.293. The van der Waals surface area contributed by atoms with E-state index in [1.54, 1.807) is 0 Å². The predicted octanol–water partition coefficient (Wildman–Crippen LogP) is 2.32. The van der Waals surface area contributed by atoms with Crippen molar-refractivity contribution in [3.8, 4) is 0 Å². The summed E-state index contributed by atoms with van der Waals surface area (Å²) in [5, 5.41) is 0. The largest absolute Gasteiger partial charge is 0.369 e. The Morgan fingerprint density at radius 2 is 2.00 bits per heavy atom. The maximum absolute atomic E-state index is 10.9. The van der Waals surface area contributed by atoms with Gasteiger partial charge in [-0.1, -0.05) is 35.0 Å². The summed E-state index contributed by atoms with van der Waals surface area (Å²) in [5.41, 5.74) is 6.40. The van der Waals surface area contributed by atoms with Crippen molar-refractivity contribution in [3.63, 3.8) is 0 Å². The van der Waals surface area contributed by atoms with Crippen LogP contribution in [-0.2, 0) is 4.79 Å². The van der Waals surface area contributed by atoms with Crippen LogP contribution in [0.3, 0.4) is 0 Å². The third kappa shape index (κ3) is 3.61. The number of rotatable bonds is 5. The van der Waals surface area contributed by atoms with Crippen LogP contribution >= 0.6 is 15.9 Å². The van der Waals surface area contributed by atoms with Crippen LogP contribution in [0.2, 0.25) is 0 Å². The van der Waals surface area contributed by atoms with Crippen LogP contribution < -0.4 is 5.73 Å². The number of likely N-dealkylation sites (N-methyl/N-ethyl adjacent to an activating group) is 1. The van der Waals surface area contributed by atoms with Crippen LogP contribution in [0, 0.1) is 0 Å². The quantitative estimate of drug-likeness (QED) is 0.902. The lowest BCUT2D eigenvalue weighted by atomic mass is 10.0. The minimum absolute atomic E-state index is 0.237. The van der Waals surface area contributed by atoms with Gasteiger partial charge in [-0.3, -0.25) is 9.69 Å². The van der Waals surface area contributed by atoms with Gasteiger partial charge in [-0.25, -0.2) is 0 Å². The first kappa shape index (κ1) is 13.2. The summed E-state index contributed by atoms with van der Waals surface area (Å²) in [6.07, 6.45) is 0.950. The highest BCUT2D eigenvalue weighted by Gasteiger charge is 2.16. The monoisotopic (exact) mass is 284 g/mol. The van der Waals surface area contributed by atoms with E-state index in [9.17, 15) is 4.79 Å². The molecule has 2 N–H and O–H groups in total. The zero-order chi connectivity index (χ0) is 12.1. The van der Waals surface area contributed by atoms with Crippen LogP contribution in [0.15, 0.2) is 28.7 Å². The number of halogens is 1. The number of hydrogen-bond donors (Lipinski definition) is 1. The second-order valence-corrected chi connectivity index (χ2v) is 4.77. The lowest BCUT2D eigenvalue weighted by Gasteiger charge is -2.26. The Bertz CT molecular complexity index is 351. The Morgan fingerprint density at radius 3 is 2.44 bits per heavy atom. The fourth-order valence-corrected chi connectivity index (χ4v) is 2.11. The molecule has 88 valence electrons. The maximum atomic E-state index is 10.9. The van der Waals surface area contributed by atoms with Gasteiger partial charge in [0.25, 0.3) is 0 Å². The summed E-state index contributed by atoms with van der Waals surface area (Å²) >= 11 is 3.41. The lowest BCUT2D eigenvalue weighted by molar-refractivity contribution is -0.119. The molecule has 0 radical (unpaired) electrons. The summed E-state index contributed by atoms with van der Waals surface area (Å²) in [6.45, 7) is 2.39. The van der Waals surface area contributed by atoms with E-state index < -0.39 is 0 Å². The molecule has 4 heteroatoms. The van der Waals surface area contributed by atoms with Gasteiger partial charge < -0.3 is 5.73 Å². The van der Waals surface area contributed by atoms with Crippen molar-refractivity contribution in [1.82, 2.24) is 4.90 Å². The van der Waals surface area contributed by atoms with Gasteiger partial charge in [-0.2, -0.15) is 0 Å². The molecule has 16 heavy (non-hydrogen) atoms. The molecular weight excluding hydrogens is 268 g/mol. The Kier molecular flexibility index (Phi) is 4.96. The molecule has 0 heterocycles. The summed E-state index contributed by atoms with van der Waals surface area (Å²) in [6, 6.07) is 8.39. The molecule has 0 fully saturated rings. The molecule has 0 spiro atoms. The van der Waals surface area contributed by atoms with E-state index in [1.165, 1.54) is 5.56 Å². The van der Waals surface area contributed by atoms with Crippen LogP contribution in [0.1, 0.15) is 24.9 Å². The van der Waals surface area contributed by atoms with Gasteiger partial charge >= 0.3 is 0 Å². The summed E-state index contributed by atoms with van der Waals surface area (Å²) in [4.78, 5) is 12.9. The molecule has 1 amide bonds. The number of benzene rings is 1. The molecular formula is C12H17BrN2O. The van der Waals surface area contributed by atoms with Crippen molar-refractivity contribution in [2.75, 3.05) is 13.6 Å². The first-order valence-corrected chi connectivity index (χ1v) is 6.08. The van der Waals surface area contributed by atoms with E-state index in [1.807, 2.05) is 24.1 Å². The molecule has 3 nitrogen and oxygen atoms in total. The van der Waals surface area contributed by atoms with Gasteiger partial charge in [-0.15, -0.1) is 0 Å². The second kappa shape index (κ2) is 6.01. The van der Waals surface area contributed by atoms with E-state index in [4.69, 9.17) is 5.73 Å². The average Bonchev–Trinajstić information content (AvgIpc) is 2.21. The highest BCUT2D eigenvalue weighted by atomic mass is 79.9. The Morgan fingerprint density at radius 1 is 1.44 bits per heavy atom. The number of amides is 1. The smallest absolute Gasteiger partial charge is 0.231 e. The number of carbonyl (C=O) groups is 1. The predicted molar refractivity (Wildman–Crippen MR) is 69.0 cm³/mol. The van der Waals surface area contributed by atoms with Crippen molar-refractivity contribution in [3.05, 3.63) is 34.3 Å². The summed E-state index contributed by atoms with van der Waals surface area (Å²) < 4.78 is 1.06. The van der Waals surface area contributed by atoms with Crippen LogP contribution in [0.4, 0.5) is 0 Å². The van der Waals surface area contributed by atoms with Crippen LogP contribution in [0.25, 0.3) is 0 Å². The Labute approximate surface area is 105 Å². The van der Waals surface area contributed by atoms with Gasteiger partial charge in [0.1, 0.15) is 0 Å². The standard InChI is InChI=1S/C12H17BrN2O/c1-3-11(15(2)8-12(14)16)9-4-6-10(13)7-5-9/h4-7,11H,3,8H2,1-2H3,(H2,14,16)/t11-/m0/s1. The van der Waals surface area contributed by atoms with Crippen LogP contribution in [0.5, 0.6) is 0 Å². The van der Waals surface area contributed by atoms with E-state index in [0.29, 0.717) is 0 Å². The molecule has 1 atom stereocenters. The molecule has 0 aliphatic carbocycles. The van der Waals surface area contributed by atoms with Gasteiger partial charge in [-0.05, 0) is 31.2 Å². The first-order valence-electron chi connectivity index (χ1n) is 5.28. The topological polar surface area (TPSA) is 46.3 Å². The van der Waals surface area contributed by atoms with E-state index in [0.717, 1.165) is 10.9 Å². The van der Waals surface area contributed by atoms with Gasteiger partial charge in [0, 0.05) is 10.5 Å². The van der Waals surface area contributed by atoms with Gasteiger partial charge in [0.15, 0.2) is 0 Å². The fraction of sp³-hybridized carbons (Fsp3) is 0.417. The molecule has 0 aromatic heterocycles. The van der Waals surface area contributed by atoms with Crippen molar-refractivity contribution < 1.29 is 4.79 Å². The Balaban J connectivity index is 2.81. The van der Waals surface area contributed by atoms with E-state index >= 15 is 0 Å².